The van der Waals surface area contributed by atoms with Gasteiger partial charge in [-0.15, -0.1) is 11.8 Å². The van der Waals surface area contributed by atoms with Gasteiger partial charge in [0, 0.05) is 23.1 Å². The molecule has 4 heteroatoms. The second-order valence-corrected chi connectivity index (χ2v) is 5.87. The van der Waals surface area contributed by atoms with E-state index in [1.165, 1.54) is 10.5 Å². The topological polar surface area (TPSA) is 52.5 Å². The van der Waals surface area contributed by atoms with Crippen LogP contribution >= 0.6 is 11.8 Å². The molecule has 1 aliphatic rings. The Labute approximate surface area is 106 Å². The Morgan fingerprint density at radius 1 is 1.35 bits per heavy atom. The highest BCUT2D eigenvalue weighted by molar-refractivity contribution is 7.99. The Balaban J connectivity index is 1.98. The van der Waals surface area contributed by atoms with Gasteiger partial charge in [0.05, 0.1) is 18.8 Å². The van der Waals surface area contributed by atoms with Gasteiger partial charge in [-0.1, -0.05) is 18.2 Å². The van der Waals surface area contributed by atoms with Crippen molar-refractivity contribution in [1.29, 1.82) is 0 Å². The Hall–Kier alpha value is -0.550. The van der Waals surface area contributed by atoms with Crippen LogP contribution < -0.4 is 5.32 Å². The molecule has 0 spiro atoms. The molecular formula is C13H19NO2S. The molecule has 0 aliphatic carbocycles. The van der Waals surface area contributed by atoms with Crippen molar-refractivity contribution in [2.24, 2.45) is 0 Å². The van der Waals surface area contributed by atoms with Crippen LogP contribution in [0.25, 0.3) is 0 Å². The summed E-state index contributed by atoms with van der Waals surface area (Å²) < 4.78 is 0. The van der Waals surface area contributed by atoms with Crippen LogP contribution in [0.5, 0.6) is 0 Å². The Kier molecular flexibility index (Phi) is 4.09. The smallest absolute Gasteiger partial charge is 0.0633 e. The van der Waals surface area contributed by atoms with Crippen molar-refractivity contribution in [3.63, 3.8) is 0 Å². The van der Waals surface area contributed by atoms with E-state index >= 15 is 0 Å². The lowest BCUT2D eigenvalue weighted by Gasteiger charge is -2.28. The van der Waals surface area contributed by atoms with Crippen LogP contribution in [0.2, 0.25) is 0 Å². The van der Waals surface area contributed by atoms with E-state index in [9.17, 15) is 10.2 Å². The number of thioether (sulfide) groups is 1. The fourth-order valence-electron chi connectivity index (χ4n) is 1.93. The summed E-state index contributed by atoms with van der Waals surface area (Å²) in [5, 5.41) is 21.7. The molecule has 1 aliphatic heterocycles. The molecule has 1 heterocycles. The first-order valence-corrected chi connectivity index (χ1v) is 6.85. The highest BCUT2D eigenvalue weighted by atomic mass is 32.2. The van der Waals surface area contributed by atoms with Crippen LogP contribution in [-0.4, -0.2) is 41.3 Å². The number of benzene rings is 1. The Bertz CT molecular complexity index is 379. The third-order valence-corrected chi connectivity index (χ3v) is 4.52. The number of rotatable bonds is 5. The molecule has 1 atom stereocenters. The highest BCUT2D eigenvalue weighted by Gasteiger charge is 2.27. The predicted octanol–water partition coefficient (Wildman–Crippen LogP) is 1.21. The summed E-state index contributed by atoms with van der Waals surface area (Å²) in [5.74, 6) is 1.54. The van der Waals surface area contributed by atoms with E-state index in [0.717, 1.165) is 12.3 Å². The average Bonchev–Trinajstić information content (AvgIpc) is 2.79. The molecule has 94 valence electrons. The molecule has 0 amide bonds. The zero-order valence-electron chi connectivity index (χ0n) is 10.0. The zero-order valence-corrected chi connectivity index (χ0v) is 10.8. The minimum atomic E-state index is -0.581. The third kappa shape index (κ3) is 2.83. The van der Waals surface area contributed by atoms with Crippen molar-refractivity contribution in [3.05, 3.63) is 29.8 Å². The summed E-state index contributed by atoms with van der Waals surface area (Å²) in [6.07, 6.45) is 0. The quantitative estimate of drug-likeness (QED) is 0.738. The lowest BCUT2D eigenvalue weighted by atomic mass is 9.98. The number of hydrogen-bond acceptors (Lipinski definition) is 4. The maximum atomic E-state index is 9.23. The molecule has 0 saturated carbocycles. The van der Waals surface area contributed by atoms with E-state index in [4.69, 9.17) is 0 Å². The van der Waals surface area contributed by atoms with E-state index in [-0.39, 0.29) is 13.2 Å². The summed E-state index contributed by atoms with van der Waals surface area (Å²) in [7, 11) is 0. The van der Waals surface area contributed by atoms with Crippen molar-refractivity contribution in [2.45, 2.75) is 23.3 Å². The Morgan fingerprint density at radius 3 is 2.76 bits per heavy atom. The molecule has 2 rings (SSSR count). The largest absolute Gasteiger partial charge is 0.394 e. The van der Waals surface area contributed by atoms with E-state index in [1.54, 1.807) is 0 Å². The molecule has 0 bridgehead atoms. The Morgan fingerprint density at radius 2 is 2.06 bits per heavy atom. The zero-order chi connectivity index (χ0) is 12.3. The molecule has 0 aromatic heterocycles. The molecule has 3 N–H and O–H groups in total. The van der Waals surface area contributed by atoms with Gasteiger partial charge >= 0.3 is 0 Å². The van der Waals surface area contributed by atoms with Gasteiger partial charge in [0.25, 0.3) is 0 Å². The summed E-state index contributed by atoms with van der Waals surface area (Å²) in [5.41, 5.74) is 0.797. The van der Waals surface area contributed by atoms with E-state index < -0.39 is 5.54 Å². The fourth-order valence-corrected chi connectivity index (χ4v) is 3.18. The monoisotopic (exact) mass is 253 g/mol. The SMILES string of the molecule is CC(CO)(CO)NCC1CSc2ccccc21. The van der Waals surface area contributed by atoms with E-state index in [2.05, 4.69) is 29.6 Å². The van der Waals surface area contributed by atoms with Crippen molar-refractivity contribution in [1.82, 2.24) is 5.32 Å². The number of nitrogens with one attached hydrogen (secondary N) is 1. The highest BCUT2D eigenvalue weighted by Crippen LogP contribution is 2.38. The molecule has 1 aromatic carbocycles. The van der Waals surface area contributed by atoms with Crippen molar-refractivity contribution >= 4 is 11.8 Å². The maximum Gasteiger partial charge on any atom is 0.0633 e. The van der Waals surface area contributed by atoms with E-state index in [1.807, 2.05) is 18.7 Å². The lowest BCUT2D eigenvalue weighted by Crippen LogP contribution is -2.50. The summed E-state index contributed by atoms with van der Waals surface area (Å²) in [6.45, 7) is 2.53. The van der Waals surface area contributed by atoms with Gasteiger partial charge in [-0.2, -0.15) is 0 Å². The first-order chi connectivity index (χ1) is 8.18. The van der Waals surface area contributed by atoms with Gasteiger partial charge in [-0.25, -0.2) is 0 Å². The number of aliphatic hydroxyl groups is 2. The van der Waals surface area contributed by atoms with Crippen LogP contribution in [0.4, 0.5) is 0 Å². The van der Waals surface area contributed by atoms with Crippen LogP contribution in [0.1, 0.15) is 18.4 Å². The van der Waals surface area contributed by atoms with Gasteiger partial charge in [-0.05, 0) is 18.6 Å². The van der Waals surface area contributed by atoms with Crippen LogP contribution in [-0.2, 0) is 0 Å². The predicted molar refractivity (Wildman–Crippen MR) is 70.5 cm³/mol. The minimum absolute atomic E-state index is 0.0506. The second kappa shape index (κ2) is 5.40. The molecule has 0 fully saturated rings. The second-order valence-electron chi connectivity index (χ2n) is 4.80. The average molecular weight is 253 g/mol. The minimum Gasteiger partial charge on any atom is -0.394 e. The van der Waals surface area contributed by atoms with Gasteiger partial charge in [-0.3, -0.25) is 0 Å². The number of aliphatic hydroxyl groups excluding tert-OH is 2. The molecule has 0 radical (unpaired) electrons. The van der Waals surface area contributed by atoms with Crippen LogP contribution in [0.3, 0.4) is 0 Å². The number of fused-ring (bicyclic) bond motifs is 1. The normalized spacial score (nSPS) is 19.4. The van der Waals surface area contributed by atoms with E-state index in [0.29, 0.717) is 5.92 Å². The van der Waals surface area contributed by atoms with Crippen molar-refractivity contribution < 1.29 is 10.2 Å². The van der Waals surface area contributed by atoms with Gasteiger partial charge < -0.3 is 15.5 Å². The van der Waals surface area contributed by atoms with Gasteiger partial charge in [0.2, 0.25) is 0 Å². The van der Waals surface area contributed by atoms with Crippen molar-refractivity contribution in [3.8, 4) is 0 Å². The van der Waals surface area contributed by atoms with Gasteiger partial charge in [0.15, 0.2) is 0 Å². The summed E-state index contributed by atoms with van der Waals surface area (Å²) >= 11 is 1.88. The first kappa shape index (κ1) is 12.9. The van der Waals surface area contributed by atoms with Crippen LogP contribution in [0.15, 0.2) is 29.2 Å². The molecule has 0 saturated heterocycles. The molecule has 17 heavy (non-hydrogen) atoms. The summed E-state index contributed by atoms with van der Waals surface area (Å²) in [6, 6.07) is 8.44. The number of hydrogen-bond donors (Lipinski definition) is 3. The third-order valence-electron chi connectivity index (χ3n) is 3.27. The fraction of sp³-hybridized carbons (Fsp3) is 0.538. The van der Waals surface area contributed by atoms with Crippen molar-refractivity contribution in [2.75, 3.05) is 25.5 Å². The first-order valence-electron chi connectivity index (χ1n) is 5.87. The molecule has 1 unspecified atom stereocenters. The maximum absolute atomic E-state index is 9.23. The molecule has 1 aromatic rings. The summed E-state index contributed by atoms with van der Waals surface area (Å²) in [4.78, 5) is 1.36. The molecular weight excluding hydrogens is 234 g/mol. The standard InChI is InChI=1S/C13H19NO2S/c1-13(8-15,9-16)14-6-10-7-17-12-5-3-2-4-11(10)12/h2-5,10,14-16H,6-9H2,1H3. The lowest BCUT2D eigenvalue weighted by molar-refractivity contribution is 0.103. The molecule has 3 nitrogen and oxygen atoms in total. The van der Waals surface area contributed by atoms with Gasteiger partial charge in [0.1, 0.15) is 0 Å². The van der Waals surface area contributed by atoms with Crippen LogP contribution in [0, 0.1) is 0 Å².